The molecule has 0 aliphatic rings. The van der Waals surface area contributed by atoms with Gasteiger partial charge in [-0.2, -0.15) is 0 Å². The SMILES string of the molecule is COc1ccccc1C(=O)C(OC)C(=O)O. The summed E-state index contributed by atoms with van der Waals surface area (Å²) in [6, 6.07) is 6.40. The van der Waals surface area contributed by atoms with Gasteiger partial charge in [-0.1, -0.05) is 12.1 Å². The summed E-state index contributed by atoms with van der Waals surface area (Å²) in [6.45, 7) is 0. The van der Waals surface area contributed by atoms with Gasteiger partial charge in [0, 0.05) is 7.11 Å². The zero-order valence-corrected chi connectivity index (χ0v) is 8.97. The van der Waals surface area contributed by atoms with Gasteiger partial charge in [0.05, 0.1) is 12.7 Å². The summed E-state index contributed by atoms with van der Waals surface area (Å²) in [4.78, 5) is 22.6. The molecule has 5 nitrogen and oxygen atoms in total. The first kappa shape index (κ1) is 12.2. The molecule has 5 heteroatoms. The van der Waals surface area contributed by atoms with Crippen LogP contribution in [-0.4, -0.2) is 37.2 Å². The van der Waals surface area contributed by atoms with Gasteiger partial charge in [-0.05, 0) is 12.1 Å². The number of methoxy groups -OCH3 is 2. The van der Waals surface area contributed by atoms with Gasteiger partial charge in [-0.3, -0.25) is 4.79 Å². The molecule has 0 bridgehead atoms. The van der Waals surface area contributed by atoms with E-state index in [-0.39, 0.29) is 5.56 Å². The van der Waals surface area contributed by atoms with E-state index in [0.717, 1.165) is 0 Å². The Morgan fingerprint density at radius 3 is 2.38 bits per heavy atom. The van der Waals surface area contributed by atoms with Gasteiger partial charge in [0.25, 0.3) is 0 Å². The van der Waals surface area contributed by atoms with E-state index in [1.807, 2.05) is 0 Å². The van der Waals surface area contributed by atoms with Crippen molar-refractivity contribution in [1.29, 1.82) is 0 Å². The van der Waals surface area contributed by atoms with Gasteiger partial charge in [0.1, 0.15) is 5.75 Å². The van der Waals surface area contributed by atoms with Crippen molar-refractivity contribution in [3.05, 3.63) is 29.8 Å². The number of hydrogen-bond donors (Lipinski definition) is 1. The summed E-state index contributed by atoms with van der Waals surface area (Å²) in [5.74, 6) is -1.62. The quantitative estimate of drug-likeness (QED) is 0.596. The summed E-state index contributed by atoms with van der Waals surface area (Å²) in [6.07, 6.45) is -1.50. The summed E-state index contributed by atoms with van der Waals surface area (Å²) in [5.41, 5.74) is 0.194. The maximum atomic E-state index is 11.8. The number of carboxylic acid groups (broad SMARTS) is 1. The predicted molar refractivity (Wildman–Crippen MR) is 55.8 cm³/mol. The average molecular weight is 224 g/mol. The number of Topliss-reactive ketones (excluding diaryl/α,β-unsaturated/α-hetero) is 1. The van der Waals surface area contributed by atoms with Crippen LogP contribution in [-0.2, 0) is 9.53 Å². The second-order valence-corrected chi connectivity index (χ2v) is 3.02. The summed E-state index contributed by atoms with van der Waals surface area (Å²) < 4.78 is 9.59. The minimum Gasteiger partial charge on any atom is -0.496 e. The number of benzene rings is 1. The third-order valence-electron chi connectivity index (χ3n) is 2.07. The molecule has 0 saturated heterocycles. The van der Waals surface area contributed by atoms with Crippen LogP contribution in [0.4, 0.5) is 0 Å². The Hall–Kier alpha value is -1.88. The second-order valence-electron chi connectivity index (χ2n) is 3.02. The van der Waals surface area contributed by atoms with Crippen LogP contribution in [0.2, 0.25) is 0 Å². The monoisotopic (exact) mass is 224 g/mol. The molecular formula is C11H12O5. The molecule has 0 aliphatic carbocycles. The van der Waals surface area contributed by atoms with Crippen molar-refractivity contribution in [2.75, 3.05) is 14.2 Å². The van der Waals surface area contributed by atoms with Crippen molar-refractivity contribution in [1.82, 2.24) is 0 Å². The Morgan fingerprint density at radius 1 is 1.25 bits per heavy atom. The van der Waals surface area contributed by atoms with E-state index in [4.69, 9.17) is 9.84 Å². The minimum atomic E-state index is -1.50. The number of ketones is 1. The maximum absolute atomic E-state index is 11.8. The summed E-state index contributed by atoms with van der Waals surface area (Å²) >= 11 is 0. The third kappa shape index (κ3) is 2.38. The Balaban J connectivity index is 3.08. The Labute approximate surface area is 92.6 Å². The van der Waals surface area contributed by atoms with E-state index in [2.05, 4.69) is 4.74 Å². The normalized spacial score (nSPS) is 11.9. The molecule has 16 heavy (non-hydrogen) atoms. The van der Waals surface area contributed by atoms with Crippen LogP contribution in [0.15, 0.2) is 24.3 Å². The van der Waals surface area contributed by atoms with E-state index in [9.17, 15) is 9.59 Å². The Kier molecular flexibility index (Phi) is 4.02. The molecule has 0 fully saturated rings. The molecule has 0 amide bonds. The van der Waals surface area contributed by atoms with E-state index < -0.39 is 17.9 Å². The van der Waals surface area contributed by atoms with Crippen LogP contribution in [0, 0.1) is 0 Å². The lowest BCUT2D eigenvalue weighted by Crippen LogP contribution is -2.32. The molecule has 0 spiro atoms. The van der Waals surface area contributed by atoms with Gasteiger partial charge in [0.2, 0.25) is 11.9 Å². The molecule has 1 unspecified atom stereocenters. The van der Waals surface area contributed by atoms with E-state index in [1.54, 1.807) is 18.2 Å². The van der Waals surface area contributed by atoms with Gasteiger partial charge in [0.15, 0.2) is 0 Å². The van der Waals surface area contributed by atoms with Crippen LogP contribution >= 0.6 is 0 Å². The van der Waals surface area contributed by atoms with Gasteiger partial charge >= 0.3 is 5.97 Å². The van der Waals surface area contributed by atoms with Crippen molar-refractivity contribution in [3.8, 4) is 5.75 Å². The number of carbonyl (C=O) groups excluding carboxylic acids is 1. The lowest BCUT2D eigenvalue weighted by Gasteiger charge is -2.11. The van der Waals surface area contributed by atoms with Crippen LogP contribution in [0.1, 0.15) is 10.4 Å². The maximum Gasteiger partial charge on any atom is 0.341 e. The molecule has 1 aromatic rings. The predicted octanol–water partition coefficient (Wildman–Crippen LogP) is 0.977. The first-order chi connectivity index (χ1) is 7.61. The standard InChI is InChI=1S/C11H12O5/c1-15-8-6-4-3-5-7(8)9(12)10(16-2)11(13)14/h3-6,10H,1-2H3,(H,13,14). The molecule has 0 aromatic heterocycles. The van der Waals surface area contributed by atoms with Crippen molar-refractivity contribution in [2.45, 2.75) is 6.10 Å². The highest BCUT2D eigenvalue weighted by atomic mass is 16.5. The highest BCUT2D eigenvalue weighted by molar-refractivity contribution is 6.12. The molecule has 86 valence electrons. The van der Waals surface area contributed by atoms with Gasteiger partial charge in [-0.25, -0.2) is 4.79 Å². The van der Waals surface area contributed by atoms with E-state index in [0.29, 0.717) is 5.75 Å². The molecule has 0 saturated carbocycles. The fourth-order valence-corrected chi connectivity index (χ4v) is 1.31. The average Bonchev–Trinajstić information content (AvgIpc) is 2.29. The van der Waals surface area contributed by atoms with Crippen molar-refractivity contribution < 1.29 is 24.2 Å². The van der Waals surface area contributed by atoms with Crippen molar-refractivity contribution in [3.63, 3.8) is 0 Å². The number of carbonyl (C=O) groups is 2. The Morgan fingerprint density at radius 2 is 1.88 bits per heavy atom. The summed E-state index contributed by atoms with van der Waals surface area (Å²) in [7, 11) is 2.58. The zero-order valence-electron chi connectivity index (χ0n) is 8.97. The third-order valence-corrected chi connectivity index (χ3v) is 2.07. The Bertz CT molecular complexity index is 399. The molecule has 0 aliphatic heterocycles. The minimum absolute atomic E-state index is 0.194. The fraction of sp³-hybridized carbons (Fsp3) is 0.273. The van der Waals surface area contributed by atoms with Gasteiger partial charge < -0.3 is 14.6 Å². The first-order valence-corrected chi connectivity index (χ1v) is 4.54. The topological polar surface area (TPSA) is 72.8 Å². The van der Waals surface area contributed by atoms with Gasteiger partial charge in [-0.15, -0.1) is 0 Å². The molecule has 1 N–H and O–H groups in total. The first-order valence-electron chi connectivity index (χ1n) is 4.54. The number of carboxylic acids is 1. The molecule has 0 radical (unpaired) electrons. The van der Waals surface area contributed by atoms with Crippen LogP contribution in [0.5, 0.6) is 5.75 Å². The van der Waals surface area contributed by atoms with E-state index in [1.165, 1.54) is 20.3 Å². The summed E-state index contributed by atoms with van der Waals surface area (Å²) in [5, 5.41) is 8.78. The number of rotatable bonds is 5. The number of hydrogen-bond acceptors (Lipinski definition) is 4. The zero-order chi connectivity index (χ0) is 12.1. The molecular weight excluding hydrogens is 212 g/mol. The van der Waals surface area contributed by atoms with Crippen LogP contribution in [0.3, 0.4) is 0 Å². The highest BCUT2D eigenvalue weighted by Crippen LogP contribution is 2.19. The smallest absolute Gasteiger partial charge is 0.341 e. The number of ether oxygens (including phenoxy) is 2. The molecule has 0 heterocycles. The molecule has 1 aromatic carbocycles. The fourth-order valence-electron chi connectivity index (χ4n) is 1.31. The largest absolute Gasteiger partial charge is 0.496 e. The van der Waals surface area contributed by atoms with Crippen LogP contribution in [0.25, 0.3) is 0 Å². The highest BCUT2D eigenvalue weighted by Gasteiger charge is 2.28. The van der Waals surface area contributed by atoms with Crippen molar-refractivity contribution in [2.24, 2.45) is 0 Å². The van der Waals surface area contributed by atoms with Crippen LogP contribution < -0.4 is 4.74 Å². The number of para-hydroxylation sites is 1. The lowest BCUT2D eigenvalue weighted by atomic mass is 10.1. The second kappa shape index (κ2) is 5.27. The molecule has 1 atom stereocenters. The van der Waals surface area contributed by atoms with Crippen molar-refractivity contribution >= 4 is 11.8 Å². The number of aliphatic carboxylic acids is 1. The van der Waals surface area contributed by atoms with E-state index >= 15 is 0 Å². The molecule has 1 rings (SSSR count). The lowest BCUT2D eigenvalue weighted by molar-refractivity contribution is -0.145.